The third-order valence-corrected chi connectivity index (χ3v) is 4.03. The molecule has 0 spiro atoms. The summed E-state index contributed by atoms with van der Waals surface area (Å²) in [5.41, 5.74) is -0.153. The van der Waals surface area contributed by atoms with Crippen LogP contribution < -0.4 is 11.2 Å². The number of unbranched alkanes of at least 4 members (excludes halogenated alkanes) is 1. The van der Waals surface area contributed by atoms with Gasteiger partial charge in [0, 0.05) is 6.54 Å². The third-order valence-electron chi connectivity index (χ3n) is 3.74. The summed E-state index contributed by atoms with van der Waals surface area (Å²) in [6, 6.07) is 0. The highest BCUT2D eigenvalue weighted by atomic mass is 35.5. The van der Waals surface area contributed by atoms with Crippen LogP contribution in [0.5, 0.6) is 0 Å². The number of aromatic amines is 1. The maximum atomic E-state index is 12.4. The van der Waals surface area contributed by atoms with E-state index in [2.05, 4.69) is 18.8 Å². The van der Waals surface area contributed by atoms with Crippen molar-refractivity contribution < 1.29 is 0 Å². The van der Waals surface area contributed by atoms with Gasteiger partial charge in [0.05, 0.1) is 5.56 Å². The minimum atomic E-state index is -0.403. The van der Waals surface area contributed by atoms with Crippen molar-refractivity contribution in [1.29, 1.82) is 0 Å². The predicted octanol–water partition coefficient (Wildman–Crippen LogP) is 3.53. The summed E-state index contributed by atoms with van der Waals surface area (Å²) in [4.78, 5) is 27.0. The van der Waals surface area contributed by atoms with Gasteiger partial charge in [0.1, 0.15) is 5.15 Å². The molecule has 0 fully saturated rings. The Bertz CT molecular complexity index is 546. The lowest BCUT2D eigenvalue weighted by Crippen LogP contribution is -2.39. The third kappa shape index (κ3) is 3.98. The number of aromatic nitrogens is 2. The molecule has 1 N–H and O–H groups in total. The molecular formula is C15H25ClN2O2. The summed E-state index contributed by atoms with van der Waals surface area (Å²) in [5.74, 6) is 0.351. The SMILES string of the molecule is CCCCC(CC)Cn1c(=O)[nH]c(Cl)c(C(C)C)c1=O. The van der Waals surface area contributed by atoms with Gasteiger partial charge in [-0.15, -0.1) is 0 Å². The van der Waals surface area contributed by atoms with E-state index in [9.17, 15) is 9.59 Å². The van der Waals surface area contributed by atoms with E-state index in [-0.39, 0.29) is 16.6 Å². The van der Waals surface area contributed by atoms with Gasteiger partial charge in [-0.05, 0) is 18.3 Å². The van der Waals surface area contributed by atoms with Crippen LogP contribution in [0.25, 0.3) is 0 Å². The van der Waals surface area contributed by atoms with Crippen LogP contribution in [0.1, 0.15) is 64.9 Å². The highest BCUT2D eigenvalue weighted by Crippen LogP contribution is 2.18. The van der Waals surface area contributed by atoms with Gasteiger partial charge in [-0.2, -0.15) is 0 Å². The summed E-state index contributed by atoms with van der Waals surface area (Å²) in [5, 5.41) is 0.174. The van der Waals surface area contributed by atoms with E-state index in [1.807, 2.05) is 13.8 Å². The highest BCUT2D eigenvalue weighted by molar-refractivity contribution is 6.30. The van der Waals surface area contributed by atoms with Crippen molar-refractivity contribution in [2.24, 2.45) is 5.92 Å². The van der Waals surface area contributed by atoms with Crippen molar-refractivity contribution in [3.05, 3.63) is 31.6 Å². The molecule has 0 aliphatic carbocycles. The van der Waals surface area contributed by atoms with E-state index in [0.29, 0.717) is 18.0 Å². The number of halogens is 1. The molecule has 0 amide bonds. The second-order valence-electron chi connectivity index (χ2n) is 5.64. The second-order valence-corrected chi connectivity index (χ2v) is 6.02. The molecule has 0 aromatic carbocycles. The van der Waals surface area contributed by atoms with Crippen molar-refractivity contribution in [2.45, 2.75) is 65.8 Å². The summed E-state index contributed by atoms with van der Waals surface area (Å²) < 4.78 is 1.31. The number of nitrogens with one attached hydrogen (secondary N) is 1. The van der Waals surface area contributed by atoms with Gasteiger partial charge >= 0.3 is 5.69 Å². The second kappa shape index (κ2) is 7.67. The van der Waals surface area contributed by atoms with Crippen LogP contribution in [0.15, 0.2) is 9.59 Å². The molecule has 20 heavy (non-hydrogen) atoms. The van der Waals surface area contributed by atoms with E-state index < -0.39 is 5.69 Å². The minimum Gasteiger partial charge on any atom is -0.297 e. The molecule has 114 valence electrons. The zero-order valence-corrected chi connectivity index (χ0v) is 13.6. The number of hydrogen-bond acceptors (Lipinski definition) is 2. The van der Waals surface area contributed by atoms with E-state index >= 15 is 0 Å². The average Bonchev–Trinajstić information content (AvgIpc) is 2.37. The van der Waals surface area contributed by atoms with Crippen LogP contribution in [0.4, 0.5) is 0 Å². The Balaban J connectivity index is 3.15. The molecule has 0 aliphatic rings. The van der Waals surface area contributed by atoms with Gasteiger partial charge in [-0.1, -0.05) is 58.6 Å². The van der Waals surface area contributed by atoms with Crippen molar-refractivity contribution in [1.82, 2.24) is 9.55 Å². The molecule has 1 heterocycles. The largest absolute Gasteiger partial charge is 0.329 e. The van der Waals surface area contributed by atoms with Gasteiger partial charge in [0.25, 0.3) is 5.56 Å². The van der Waals surface area contributed by atoms with Gasteiger partial charge in [0.2, 0.25) is 0 Å². The molecule has 0 saturated carbocycles. The van der Waals surface area contributed by atoms with Gasteiger partial charge in [-0.3, -0.25) is 14.3 Å². The first-order valence-electron chi connectivity index (χ1n) is 7.44. The first-order chi connectivity index (χ1) is 9.42. The van der Waals surface area contributed by atoms with Crippen molar-refractivity contribution in [3.8, 4) is 0 Å². The molecular weight excluding hydrogens is 276 g/mol. The Kier molecular flexibility index (Phi) is 6.53. The Hall–Kier alpha value is -1.03. The zero-order valence-electron chi connectivity index (χ0n) is 12.8. The summed E-state index contributed by atoms with van der Waals surface area (Å²) in [6.45, 7) is 8.52. The predicted molar refractivity (Wildman–Crippen MR) is 83.7 cm³/mol. The van der Waals surface area contributed by atoms with Gasteiger partial charge in [-0.25, -0.2) is 4.79 Å². The lowest BCUT2D eigenvalue weighted by molar-refractivity contribution is 0.376. The van der Waals surface area contributed by atoms with Gasteiger partial charge < -0.3 is 0 Å². The smallest absolute Gasteiger partial charge is 0.297 e. The summed E-state index contributed by atoms with van der Waals surface area (Å²) >= 11 is 5.99. The average molecular weight is 301 g/mol. The molecule has 5 heteroatoms. The molecule has 1 unspecified atom stereocenters. The topological polar surface area (TPSA) is 54.9 Å². The zero-order chi connectivity index (χ0) is 15.3. The molecule has 1 aromatic heterocycles. The van der Waals surface area contributed by atoms with Crippen LogP contribution in [0.2, 0.25) is 5.15 Å². The quantitative estimate of drug-likeness (QED) is 0.783. The Morgan fingerprint density at radius 1 is 1.25 bits per heavy atom. The highest BCUT2D eigenvalue weighted by Gasteiger charge is 2.17. The van der Waals surface area contributed by atoms with Crippen molar-refractivity contribution in [2.75, 3.05) is 0 Å². The normalized spacial score (nSPS) is 12.9. The van der Waals surface area contributed by atoms with Crippen LogP contribution >= 0.6 is 11.6 Å². The molecule has 1 atom stereocenters. The molecule has 4 nitrogen and oxygen atoms in total. The minimum absolute atomic E-state index is 0.00572. The van der Waals surface area contributed by atoms with E-state index in [1.165, 1.54) is 4.57 Å². The number of H-pyrrole nitrogens is 1. The standard InChI is InChI=1S/C15H25ClN2O2/c1-5-7-8-11(6-2)9-18-14(19)12(10(3)4)13(16)17-15(18)20/h10-11H,5-9H2,1-4H3,(H,17,20). The van der Waals surface area contributed by atoms with E-state index in [1.54, 1.807) is 0 Å². The number of rotatable bonds is 7. The van der Waals surface area contributed by atoms with Crippen molar-refractivity contribution >= 4 is 11.6 Å². The molecule has 0 bridgehead atoms. The fraction of sp³-hybridized carbons (Fsp3) is 0.733. The summed E-state index contributed by atoms with van der Waals surface area (Å²) in [6.07, 6.45) is 4.25. The number of hydrogen-bond donors (Lipinski definition) is 1. The molecule has 0 saturated heterocycles. The maximum Gasteiger partial charge on any atom is 0.329 e. The molecule has 0 radical (unpaired) electrons. The fourth-order valence-electron chi connectivity index (χ4n) is 2.40. The van der Waals surface area contributed by atoms with Crippen LogP contribution in [0, 0.1) is 5.92 Å². The lowest BCUT2D eigenvalue weighted by atomic mass is 9.99. The Morgan fingerprint density at radius 3 is 2.40 bits per heavy atom. The summed E-state index contributed by atoms with van der Waals surface area (Å²) in [7, 11) is 0. The number of nitrogens with zero attached hydrogens (tertiary/aromatic N) is 1. The molecule has 0 aliphatic heterocycles. The molecule has 1 rings (SSSR count). The maximum absolute atomic E-state index is 12.4. The van der Waals surface area contributed by atoms with Crippen LogP contribution in [-0.2, 0) is 6.54 Å². The first-order valence-corrected chi connectivity index (χ1v) is 7.82. The van der Waals surface area contributed by atoms with E-state index in [0.717, 1.165) is 25.7 Å². The Labute approximate surface area is 125 Å². The lowest BCUT2D eigenvalue weighted by Gasteiger charge is -2.17. The van der Waals surface area contributed by atoms with Gasteiger partial charge in [0.15, 0.2) is 0 Å². The monoisotopic (exact) mass is 300 g/mol. The molecule has 1 aromatic rings. The van der Waals surface area contributed by atoms with Crippen molar-refractivity contribution in [3.63, 3.8) is 0 Å². The van der Waals surface area contributed by atoms with E-state index in [4.69, 9.17) is 11.6 Å². The first kappa shape index (κ1) is 17.0. The Morgan fingerprint density at radius 2 is 1.90 bits per heavy atom. The van der Waals surface area contributed by atoms with Crippen LogP contribution in [-0.4, -0.2) is 9.55 Å². The van der Waals surface area contributed by atoms with Crippen LogP contribution in [0.3, 0.4) is 0 Å². The fourth-order valence-corrected chi connectivity index (χ4v) is 2.78.